The van der Waals surface area contributed by atoms with E-state index in [0.717, 1.165) is 47.4 Å². The predicted octanol–water partition coefficient (Wildman–Crippen LogP) is 10.5. The van der Waals surface area contributed by atoms with Crippen LogP contribution in [0.4, 0.5) is 0 Å². The third-order valence-corrected chi connectivity index (χ3v) is 11.6. The van der Waals surface area contributed by atoms with E-state index in [4.69, 9.17) is 4.52 Å². The number of hydrogen-bond donors (Lipinski definition) is 1. The molecule has 1 atom stereocenters. The first-order valence-electron chi connectivity index (χ1n) is 19.4. The molecular formula is C40H62N6O3S. The Hall–Kier alpha value is -3.11. The van der Waals surface area contributed by atoms with Gasteiger partial charge in [0, 0.05) is 26.1 Å². The Morgan fingerprint density at radius 2 is 1.38 bits per heavy atom. The topological polar surface area (TPSA) is 118 Å². The van der Waals surface area contributed by atoms with Crippen LogP contribution in [-0.4, -0.2) is 44.9 Å². The highest BCUT2D eigenvalue weighted by Crippen LogP contribution is 2.31. The van der Waals surface area contributed by atoms with Gasteiger partial charge in [0.1, 0.15) is 17.4 Å². The lowest BCUT2D eigenvalue weighted by Crippen LogP contribution is -2.32. The molecule has 50 heavy (non-hydrogen) atoms. The van der Waals surface area contributed by atoms with E-state index in [1.165, 1.54) is 94.2 Å². The molecule has 0 aliphatic heterocycles. The van der Waals surface area contributed by atoms with Crippen molar-refractivity contribution in [2.45, 2.75) is 161 Å². The van der Waals surface area contributed by atoms with Gasteiger partial charge in [-0.2, -0.15) is 9.29 Å². The van der Waals surface area contributed by atoms with Crippen LogP contribution in [0.3, 0.4) is 0 Å². The Balaban J connectivity index is 1.20. The first-order chi connectivity index (χ1) is 24.2. The van der Waals surface area contributed by atoms with E-state index in [2.05, 4.69) is 45.9 Å². The molecule has 4 rings (SSSR count). The maximum atomic E-state index is 13.8. The number of aryl methyl sites for hydroxylation is 2. The van der Waals surface area contributed by atoms with Gasteiger partial charge in [-0.05, 0) is 49.4 Å². The molecule has 0 radical (unpaired) electrons. The molecule has 3 aromatic heterocycles. The minimum Gasteiger partial charge on any atom is -0.342 e. The number of pyridine rings is 1. The molecule has 0 saturated heterocycles. The van der Waals surface area contributed by atoms with Crippen molar-refractivity contribution in [1.29, 1.82) is 0 Å². The monoisotopic (exact) mass is 706 g/mol. The third-order valence-electron chi connectivity index (χ3n) is 9.72. The van der Waals surface area contributed by atoms with Crippen LogP contribution in [0.15, 0.2) is 45.9 Å². The van der Waals surface area contributed by atoms with Crippen LogP contribution >= 0.6 is 0 Å². The van der Waals surface area contributed by atoms with Crippen LogP contribution in [0.2, 0.25) is 0 Å². The number of nitrogens with zero attached hydrogens (tertiary/aromatic N) is 5. The van der Waals surface area contributed by atoms with Gasteiger partial charge in [-0.3, -0.25) is 4.98 Å². The molecule has 3 heterocycles. The Morgan fingerprint density at radius 3 is 1.96 bits per heavy atom. The van der Waals surface area contributed by atoms with Crippen molar-refractivity contribution in [3.05, 3.63) is 65.3 Å². The summed E-state index contributed by atoms with van der Waals surface area (Å²) in [6, 6.07) is 8.39. The van der Waals surface area contributed by atoms with Gasteiger partial charge < -0.3 is 9.51 Å². The summed E-state index contributed by atoms with van der Waals surface area (Å²) in [5, 5.41) is 4.24. The molecule has 276 valence electrons. The standard InChI is InChI=1S/C40H62N6O3S/c1-6-7-8-9-10-11-12-13-14-15-16-17-18-19-20-21-22-38-44-40(49-45-38)37(29-31(2)3)46(5)50(47,48)34-25-23-33(24-26-34)30-36-39-35(27-28-41-36)42-32(4)43-39/h23-28,31,37H,6-22,29-30H2,1-5H3,(H,42,43). The fourth-order valence-electron chi connectivity index (χ4n) is 6.74. The minimum atomic E-state index is -3.82. The number of H-pyrrole nitrogens is 1. The average molecular weight is 707 g/mol. The highest BCUT2D eigenvalue weighted by molar-refractivity contribution is 7.89. The summed E-state index contributed by atoms with van der Waals surface area (Å²) in [6.07, 6.45) is 24.9. The molecule has 0 aliphatic carbocycles. The zero-order chi connectivity index (χ0) is 35.8. The Labute approximate surface area is 301 Å². The molecule has 0 saturated carbocycles. The molecule has 4 aromatic rings. The van der Waals surface area contributed by atoms with Gasteiger partial charge in [-0.15, -0.1) is 0 Å². The van der Waals surface area contributed by atoms with Crippen LogP contribution in [-0.2, 0) is 22.9 Å². The molecule has 0 bridgehead atoms. The highest BCUT2D eigenvalue weighted by Gasteiger charge is 2.33. The minimum absolute atomic E-state index is 0.229. The number of benzene rings is 1. The number of nitrogens with one attached hydrogen (secondary N) is 1. The molecular weight excluding hydrogens is 645 g/mol. The smallest absolute Gasteiger partial charge is 0.245 e. The number of sulfonamides is 1. The molecule has 0 fully saturated rings. The normalized spacial score (nSPS) is 12.9. The lowest BCUT2D eigenvalue weighted by Gasteiger charge is -2.26. The molecule has 0 spiro atoms. The molecule has 10 heteroatoms. The summed E-state index contributed by atoms with van der Waals surface area (Å²) in [4.78, 5) is 17.3. The van der Waals surface area contributed by atoms with Crippen LogP contribution in [0, 0.1) is 12.8 Å². The van der Waals surface area contributed by atoms with Gasteiger partial charge in [0.15, 0.2) is 5.82 Å². The van der Waals surface area contributed by atoms with Crippen LogP contribution in [0.1, 0.15) is 165 Å². The lowest BCUT2D eigenvalue weighted by molar-refractivity contribution is 0.247. The van der Waals surface area contributed by atoms with Crippen molar-refractivity contribution < 1.29 is 12.9 Å². The van der Waals surface area contributed by atoms with E-state index in [1.807, 2.05) is 25.1 Å². The second-order valence-corrected chi connectivity index (χ2v) is 16.6. The van der Waals surface area contributed by atoms with E-state index < -0.39 is 16.1 Å². The van der Waals surface area contributed by atoms with Crippen molar-refractivity contribution in [1.82, 2.24) is 29.4 Å². The summed E-state index contributed by atoms with van der Waals surface area (Å²) in [6.45, 7) is 8.35. The Kier molecular flexibility index (Phi) is 16.4. The van der Waals surface area contributed by atoms with Crippen LogP contribution in [0.25, 0.3) is 11.0 Å². The maximum Gasteiger partial charge on any atom is 0.245 e. The van der Waals surface area contributed by atoms with Crippen LogP contribution in [0.5, 0.6) is 0 Å². The van der Waals surface area contributed by atoms with Gasteiger partial charge >= 0.3 is 0 Å². The molecule has 9 nitrogen and oxygen atoms in total. The largest absolute Gasteiger partial charge is 0.342 e. The SMILES string of the molecule is CCCCCCCCCCCCCCCCCCc1noc(C(CC(C)C)N(C)S(=O)(=O)c2ccc(Cc3nccc4[nH]c(C)nc34)cc2)n1. The maximum absolute atomic E-state index is 13.8. The van der Waals surface area contributed by atoms with E-state index in [0.29, 0.717) is 24.6 Å². The number of rotatable bonds is 25. The Bertz CT molecular complexity index is 1650. The van der Waals surface area contributed by atoms with Crippen molar-refractivity contribution >= 4 is 21.1 Å². The number of aromatic amines is 1. The van der Waals surface area contributed by atoms with E-state index in [-0.39, 0.29) is 10.8 Å². The first-order valence-corrected chi connectivity index (χ1v) is 20.8. The van der Waals surface area contributed by atoms with Crippen molar-refractivity contribution in [3.8, 4) is 0 Å². The highest BCUT2D eigenvalue weighted by atomic mass is 32.2. The van der Waals surface area contributed by atoms with Gasteiger partial charge in [-0.25, -0.2) is 13.4 Å². The molecule has 1 aromatic carbocycles. The predicted molar refractivity (Wildman–Crippen MR) is 203 cm³/mol. The van der Waals surface area contributed by atoms with E-state index in [1.54, 1.807) is 25.4 Å². The second-order valence-electron chi connectivity index (χ2n) is 14.6. The summed E-state index contributed by atoms with van der Waals surface area (Å²) in [5.41, 5.74) is 3.59. The zero-order valence-electron chi connectivity index (χ0n) is 31.4. The van der Waals surface area contributed by atoms with Gasteiger partial charge in [0.05, 0.1) is 16.1 Å². The van der Waals surface area contributed by atoms with E-state index in [9.17, 15) is 8.42 Å². The quantitative estimate of drug-likeness (QED) is 0.0681. The molecule has 0 aliphatic rings. The number of aromatic nitrogens is 5. The fourth-order valence-corrected chi connectivity index (χ4v) is 8.06. The number of fused-ring (bicyclic) bond motifs is 1. The summed E-state index contributed by atoms with van der Waals surface area (Å²) < 4.78 is 34.7. The third kappa shape index (κ3) is 12.3. The van der Waals surface area contributed by atoms with Gasteiger partial charge in [0.25, 0.3) is 0 Å². The second kappa shape index (κ2) is 20.7. The van der Waals surface area contributed by atoms with Gasteiger partial charge in [-0.1, -0.05) is 134 Å². The summed E-state index contributed by atoms with van der Waals surface area (Å²) in [5.74, 6) is 2.09. The first kappa shape index (κ1) is 39.7. The molecule has 0 amide bonds. The summed E-state index contributed by atoms with van der Waals surface area (Å²) >= 11 is 0. The van der Waals surface area contributed by atoms with Crippen LogP contribution < -0.4 is 0 Å². The lowest BCUT2D eigenvalue weighted by atomic mass is 10.0. The zero-order valence-corrected chi connectivity index (χ0v) is 32.2. The fraction of sp³-hybridized carbons (Fsp3) is 0.650. The molecule has 1 unspecified atom stereocenters. The van der Waals surface area contributed by atoms with Gasteiger partial charge in [0.2, 0.25) is 15.9 Å². The van der Waals surface area contributed by atoms with E-state index >= 15 is 0 Å². The summed E-state index contributed by atoms with van der Waals surface area (Å²) in [7, 11) is -2.20. The number of unbranched alkanes of at least 4 members (excludes halogenated alkanes) is 15. The number of hydrogen-bond acceptors (Lipinski definition) is 7. The van der Waals surface area contributed by atoms with Crippen molar-refractivity contribution in [2.24, 2.45) is 5.92 Å². The Morgan fingerprint density at radius 1 is 0.800 bits per heavy atom. The average Bonchev–Trinajstić information content (AvgIpc) is 3.73. The van der Waals surface area contributed by atoms with Crippen molar-refractivity contribution in [3.63, 3.8) is 0 Å². The van der Waals surface area contributed by atoms with Crippen molar-refractivity contribution in [2.75, 3.05) is 7.05 Å². The molecule has 1 N–H and O–H groups in total. The number of imidazole rings is 1.